The Balaban J connectivity index is 1.25. The Hall–Kier alpha value is -3.02. The summed E-state index contributed by atoms with van der Waals surface area (Å²) in [6, 6.07) is 14.0. The van der Waals surface area contributed by atoms with Crippen LogP contribution >= 0.6 is 0 Å². The molecule has 0 atom stereocenters. The normalized spacial score (nSPS) is 17.0. The summed E-state index contributed by atoms with van der Waals surface area (Å²) >= 11 is 0. The second kappa shape index (κ2) is 9.86. The number of hydrogen-bond acceptors (Lipinski definition) is 4. The van der Waals surface area contributed by atoms with E-state index in [1.165, 1.54) is 37.8 Å². The first-order chi connectivity index (χ1) is 15.1. The Bertz CT molecular complexity index is 881. The summed E-state index contributed by atoms with van der Waals surface area (Å²) in [5.74, 6) is 1.04. The first-order valence-corrected chi connectivity index (χ1v) is 11.3. The number of hydrogen-bond donors (Lipinski definition) is 2. The fourth-order valence-corrected chi connectivity index (χ4v) is 4.57. The number of anilines is 2. The highest BCUT2D eigenvalue weighted by atomic mass is 16.3. The van der Waals surface area contributed by atoms with Crippen LogP contribution in [0.25, 0.3) is 0 Å². The Morgan fingerprint density at radius 2 is 1.55 bits per heavy atom. The van der Waals surface area contributed by atoms with Gasteiger partial charge in [0.2, 0.25) is 5.91 Å². The van der Waals surface area contributed by atoms with Crippen molar-refractivity contribution in [2.75, 3.05) is 36.4 Å². The quantitative estimate of drug-likeness (QED) is 0.684. The van der Waals surface area contributed by atoms with Gasteiger partial charge in [0.1, 0.15) is 5.75 Å². The lowest BCUT2D eigenvalue weighted by Gasteiger charge is -2.36. The molecule has 1 aliphatic heterocycles. The maximum atomic E-state index is 12.5. The molecule has 6 nitrogen and oxygen atoms in total. The molecular weight excluding hydrogens is 390 g/mol. The van der Waals surface area contributed by atoms with Gasteiger partial charge < -0.3 is 20.2 Å². The average Bonchev–Trinajstić information content (AvgIpc) is 3.33. The minimum Gasteiger partial charge on any atom is -0.508 e. The number of amides is 2. The minimum absolute atomic E-state index is 0.165. The molecule has 2 aliphatic rings. The second-order valence-electron chi connectivity index (χ2n) is 8.60. The maximum Gasteiger partial charge on any atom is 0.255 e. The van der Waals surface area contributed by atoms with Crippen molar-refractivity contribution in [3.8, 4) is 5.75 Å². The lowest BCUT2D eigenvalue weighted by Crippen LogP contribution is -2.48. The van der Waals surface area contributed by atoms with E-state index in [0.29, 0.717) is 23.6 Å². The fourth-order valence-electron chi connectivity index (χ4n) is 4.57. The molecule has 2 aromatic carbocycles. The number of nitrogens with one attached hydrogen (secondary N) is 1. The summed E-state index contributed by atoms with van der Waals surface area (Å²) in [7, 11) is 0. The van der Waals surface area contributed by atoms with E-state index in [0.717, 1.165) is 44.2 Å². The number of nitrogens with zero attached hydrogens (tertiary/aromatic N) is 2. The molecule has 1 saturated carbocycles. The van der Waals surface area contributed by atoms with Crippen LogP contribution in [0.15, 0.2) is 48.5 Å². The van der Waals surface area contributed by atoms with E-state index in [1.807, 2.05) is 29.2 Å². The largest absolute Gasteiger partial charge is 0.508 e. The zero-order valence-electron chi connectivity index (χ0n) is 17.9. The molecule has 0 spiro atoms. The highest BCUT2D eigenvalue weighted by Crippen LogP contribution is 2.29. The second-order valence-corrected chi connectivity index (χ2v) is 8.60. The monoisotopic (exact) mass is 421 g/mol. The molecule has 1 heterocycles. The van der Waals surface area contributed by atoms with Gasteiger partial charge in [0.05, 0.1) is 0 Å². The first-order valence-electron chi connectivity index (χ1n) is 11.3. The first kappa shape index (κ1) is 21.2. The Labute approximate surface area is 183 Å². The molecule has 1 aliphatic carbocycles. The highest BCUT2D eigenvalue weighted by Gasteiger charge is 2.23. The van der Waals surface area contributed by atoms with Crippen LogP contribution < -0.4 is 10.2 Å². The zero-order valence-corrected chi connectivity index (χ0v) is 17.9. The van der Waals surface area contributed by atoms with Crippen LogP contribution in [0, 0.1) is 5.92 Å². The molecular formula is C25H31N3O3. The number of carbonyl (C=O) groups excluding carboxylic acids is 2. The number of carbonyl (C=O) groups is 2. The van der Waals surface area contributed by atoms with Crippen molar-refractivity contribution in [2.45, 2.75) is 38.5 Å². The Morgan fingerprint density at radius 3 is 2.19 bits per heavy atom. The molecule has 2 aromatic rings. The molecule has 2 fully saturated rings. The zero-order chi connectivity index (χ0) is 21.6. The number of phenols is 1. The summed E-state index contributed by atoms with van der Waals surface area (Å²) in [4.78, 5) is 29.2. The van der Waals surface area contributed by atoms with Crippen LogP contribution in [0.4, 0.5) is 11.4 Å². The van der Waals surface area contributed by atoms with Crippen LogP contribution in [-0.4, -0.2) is 48.0 Å². The third-order valence-corrected chi connectivity index (χ3v) is 6.49. The van der Waals surface area contributed by atoms with Crippen molar-refractivity contribution in [2.24, 2.45) is 5.92 Å². The van der Waals surface area contributed by atoms with Gasteiger partial charge in [0, 0.05) is 49.5 Å². The average molecular weight is 422 g/mol. The Morgan fingerprint density at radius 1 is 0.903 bits per heavy atom. The lowest BCUT2D eigenvalue weighted by atomic mass is 10.0. The topological polar surface area (TPSA) is 72.9 Å². The molecule has 2 N–H and O–H groups in total. The smallest absolute Gasteiger partial charge is 0.255 e. The Kier molecular flexibility index (Phi) is 6.75. The van der Waals surface area contributed by atoms with Gasteiger partial charge in [0.15, 0.2) is 0 Å². The van der Waals surface area contributed by atoms with Crippen molar-refractivity contribution < 1.29 is 14.7 Å². The van der Waals surface area contributed by atoms with E-state index in [2.05, 4.69) is 10.2 Å². The van der Waals surface area contributed by atoms with Crippen LogP contribution in [-0.2, 0) is 4.79 Å². The maximum absolute atomic E-state index is 12.5. The number of phenolic OH excluding ortho intramolecular Hbond substituents is 1. The van der Waals surface area contributed by atoms with Crippen LogP contribution in [0.1, 0.15) is 48.9 Å². The van der Waals surface area contributed by atoms with E-state index >= 15 is 0 Å². The minimum atomic E-state index is -0.185. The standard InChI is InChI=1S/C25H31N3O3/c29-23-12-8-21(9-13-23)26-25(31)20-6-10-22(11-7-20)27-15-17-28(18-16-27)24(30)14-5-19-3-1-2-4-19/h6-13,19,29H,1-5,14-18H2,(H,26,31). The van der Waals surface area contributed by atoms with Gasteiger partial charge >= 0.3 is 0 Å². The van der Waals surface area contributed by atoms with Gasteiger partial charge in [-0.05, 0) is 60.9 Å². The molecule has 0 unspecified atom stereocenters. The van der Waals surface area contributed by atoms with Crippen molar-refractivity contribution in [1.29, 1.82) is 0 Å². The molecule has 31 heavy (non-hydrogen) atoms. The molecule has 0 bridgehead atoms. The number of piperazine rings is 1. The fraction of sp³-hybridized carbons (Fsp3) is 0.440. The lowest BCUT2D eigenvalue weighted by molar-refractivity contribution is -0.131. The van der Waals surface area contributed by atoms with E-state index in [-0.39, 0.29) is 11.7 Å². The summed E-state index contributed by atoms with van der Waals surface area (Å²) in [6.07, 6.45) is 6.99. The van der Waals surface area contributed by atoms with Crippen molar-refractivity contribution in [3.05, 3.63) is 54.1 Å². The molecule has 6 heteroatoms. The van der Waals surface area contributed by atoms with E-state index < -0.39 is 0 Å². The van der Waals surface area contributed by atoms with Gasteiger partial charge in [-0.1, -0.05) is 25.7 Å². The third kappa shape index (κ3) is 5.57. The predicted octanol–water partition coefficient (Wildman–Crippen LogP) is 4.26. The van der Waals surface area contributed by atoms with Crippen molar-refractivity contribution in [1.82, 2.24) is 4.90 Å². The summed E-state index contributed by atoms with van der Waals surface area (Å²) < 4.78 is 0. The van der Waals surface area contributed by atoms with E-state index in [9.17, 15) is 14.7 Å². The molecule has 0 aromatic heterocycles. The van der Waals surface area contributed by atoms with Crippen LogP contribution in [0.2, 0.25) is 0 Å². The number of rotatable bonds is 6. The van der Waals surface area contributed by atoms with E-state index in [1.54, 1.807) is 12.1 Å². The predicted molar refractivity (Wildman–Crippen MR) is 122 cm³/mol. The summed E-state index contributed by atoms with van der Waals surface area (Å²) in [5, 5.41) is 12.2. The molecule has 1 saturated heterocycles. The third-order valence-electron chi connectivity index (χ3n) is 6.49. The SMILES string of the molecule is O=C(Nc1ccc(O)cc1)c1ccc(N2CCN(C(=O)CCC3CCCC3)CC2)cc1. The molecule has 4 rings (SSSR count). The van der Waals surface area contributed by atoms with Gasteiger partial charge in [-0.15, -0.1) is 0 Å². The van der Waals surface area contributed by atoms with E-state index in [4.69, 9.17) is 0 Å². The molecule has 164 valence electrons. The number of aromatic hydroxyl groups is 1. The van der Waals surface area contributed by atoms with Gasteiger partial charge in [-0.2, -0.15) is 0 Å². The van der Waals surface area contributed by atoms with Crippen molar-refractivity contribution >= 4 is 23.2 Å². The van der Waals surface area contributed by atoms with Crippen molar-refractivity contribution in [3.63, 3.8) is 0 Å². The van der Waals surface area contributed by atoms with Crippen LogP contribution in [0.3, 0.4) is 0 Å². The van der Waals surface area contributed by atoms with Gasteiger partial charge in [-0.3, -0.25) is 9.59 Å². The summed E-state index contributed by atoms with van der Waals surface area (Å²) in [5.41, 5.74) is 2.29. The molecule has 2 amide bonds. The number of benzene rings is 2. The van der Waals surface area contributed by atoms with Gasteiger partial charge in [-0.25, -0.2) is 0 Å². The molecule has 0 radical (unpaired) electrons. The summed E-state index contributed by atoms with van der Waals surface area (Å²) in [6.45, 7) is 3.14. The highest BCUT2D eigenvalue weighted by molar-refractivity contribution is 6.04. The van der Waals surface area contributed by atoms with Gasteiger partial charge in [0.25, 0.3) is 5.91 Å². The van der Waals surface area contributed by atoms with Crippen LogP contribution in [0.5, 0.6) is 5.75 Å².